The zero-order chi connectivity index (χ0) is 23.0. The fraction of sp³-hybridized carbons (Fsp3) is 0.231. The third-order valence-corrected chi connectivity index (χ3v) is 7.09. The van der Waals surface area contributed by atoms with Crippen LogP contribution in [0.1, 0.15) is 22.9 Å². The summed E-state index contributed by atoms with van der Waals surface area (Å²) in [7, 11) is 4.22. The number of nitrogens with zero attached hydrogens (tertiary/aromatic N) is 3. The van der Waals surface area contributed by atoms with Crippen molar-refractivity contribution in [1.29, 1.82) is 0 Å². The van der Waals surface area contributed by atoms with Crippen LogP contribution in [0, 0.1) is 6.92 Å². The number of pyridine rings is 1. The molecule has 0 radical (unpaired) electrons. The Morgan fingerprint density at radius 3 is 2.34 bits per heavy atom. The van der Waals surface area contributed by atoms with Gasteiger partial charge in [0.1, 0.15) is 5.75 Å². The Morgan fingerprint density at radius 1 is 1.03 bits per heavy atom. The smallest absolute Gasteiger partial charge is 0.188 e. The van der Waals surface area contributed by atoms with E-state index in [1.807, 2.05) is 60.6 Å². The van der Waals surface area contributed by atoms with Crippen LogP contribution in [-0.4, -0.2) is 35.5 Å². The first-order valence-corrected chi connectivity index (χ1v) is 12.6. The van der Waals surface area contributed by atoms with E-state index in [1.165, 1.54) is 5.56 Å². The average Bonchev–Trinajstić information content (AvgIpc) is 3.24. The molecule has 0 bridgehead atoms. The number of thiazole rings is 1. The Labute approximate surface area is 228 Å². The number of thioether (sulfide) groups is 1. The largest absolute Gasteiger partial charge is 0.453 e. The van der Waals surface area contributed by atoms with Crippen LogP contribution in [-0.2, 0) is 0 Å². The van der Waals surface area contributed by atoms with Gasteiger partial charge in [-0.2, -0.15) is 0 Å². The van der Waals surface area contributed by atoms with Crippen molar-refractivity contribution in [2.75, 3.05) is 26.0 Å². The van der Waals surface area contributed by atoms with Crippen LogP contribution in [0.4, 0.5) is 10.9 Å². The third kappa shape index (κ3) is 8.70. The zero-order valence-electron chi connectivity index (χ0n) is 19.9. The molecule has 35 heavy (non-hydrogen) atoms. The molecule has 0 saturated carbocycles. The molecule has 2 heterocycles. The number of rotatable bonds is 10. The highest BCUT2D eigenvalue weighted by Gasteiger charge is 2.17. The third-order valence-electron chi connectivity index (χ3n) is 4.93. The molecule has 1 atom stereocenters. The molecule has 186 valence electrons. The van der Waals surface area contributed by atoms with Crippen molar-refractivity contribution in [3.8, 4) is 11.5 Å². The summed E-state index contributed by atoms with van der Waals surface area (Å²) in [5.41, 5.74) is 2.29. The predicted octanol–water partition coefficient (Wildman–Crippen LogP) is 8.01. The van der Waals surface area contributed by atoms with Crippen molar-refractivity contribution in [3.63, 3.8) is 0 Å². The number of benzene rings is 2. The number of aryl methyl sites for hydroxylation is 1. The van der Waals surface area contributed by atoms with Gasteiger partial charge in [-0.3, -0.25) is 0 Å². The number of anilines is 2. The van der Waals surface area contributed by atoms with E-state index in [-0.39, 0.29) is 24.8 Å². The van der Waals surface area contributed by atoms with Crippen LogP contribution in [0.15, 0.2) is 83.2 Å². The molecular weight excluding hydrogens is 519 g/mol. The van der Waals surface area contributed by atoms with Crippen LogP contribution in [0.5, 0.6) is 11.5 Å². The second kappa shape index (κ2) is 14.3. The zero-order valence-corrected chi connectivity index (χ0v) is 23.1. The van der Waals surface area contributed by atoms with Crippen LogP contribution >= 0.6 is 47.9 Å². The summed E-state index contributed by atoms with van der Waals surface area (Å²) in [5.74, 6) is 2.10. The molecule has 2 aromatic carbocycles. The summed E-state index contributed by atoms with van der Waals surface area (Å²) >= 11 is 3.37. The first-order chi connectivity index (χ1) is 16.1. The molecule has 4 aromatic rings. The summed E-state index contributed by atoms with van der Waals surface area (Å²) in [5, 5.41) is 6.45. The van der Waals surface area contributed by atoms with Crippen molar-refractivity contribution < 1.29 is 4.74 Å². The van der Waals surface area contributed by atoms with Crippen LogP contribution in [0.25, 0.3) is 0 Å². The van der Waals surface area contributed by atoms with E-state index in [4.69, 9.17) is 9.72 Å². The van der Waals surface area contributed by atoms with Gasteiger partial charge in [-0.05, 0) is 57.7 Å². The second-order valence-electron chi connectivity index (χ2n) is 7.96. The Kier molecular flexibility index (Phi) is 11.8. The lowest BCUT2D eigenvalue weighted by Crippen LogP contribution is -2.15. The minimum absolute atomic E-state index is 0. The van der Waals surface area contributed by atoms with Crippen LogP contribution in [0.2, 0.25) is 0 Å². The van der Waals surface area contributed by atoms with E-state index >= 15 is 0 Å². The maximum Gasteiger partial charge on any atom is 0.188 e. The quantitative estimate of drug-likeness (QED) is 0.202. The Bertz CT molecular complexity index is 1160. The van der Waals surface area contributed by atoms with Gasteiger partial charge in [-0.15, -0.1) is 47.9 Å². The van der Waals surface area contributed by atoms with Gasteiger partial charge in [-0.25, -0.2) is 9.97 Å². The molecule has 4 rings (SSSR count). The molecule has 0 aliphatic carbocycles. The van der Waals surface area contributed by atoms with E-state index in [0.29, 0.717) is 16.8 Å². The molecule has 0 saturated heterocycles. The van der Waals surface area contributed by atoms with Gasteiger partial charge >= 0.3 is 0 Å². The topological polar surface area (TPSA) is 50.3 Å². The van der Waals surface area contributed by atoms with Crippen molar-refractivity contribution in [3.05, 3.63) is 89.6 Å². The van der Waals surface area contributed by atoms with Gasteiger partial charge in [0, 0.05) is 21.7 Å². The molecule has 1 N–H and O–H groups in total. The Hall–Kier alpha value is -2.29. The number of hydrogen-bond acceptors (Lipinski definition) is 7. The summed E-state index contributed by atoms with van der Waals surface area (Å²) in [6.07, 6.45) is 2.95. The number of hydrogen-bond donors (Lipinski definition) is 1. The molecule has 2 aromatic heterocycles. The number of para-hydroxylation sites is 1. The lowest BCUT2D eigenvalue weighted by Gasteiger charge is -2.20. The number of halogens is 2. The fourth-order valence-electron chi connectivity index (χ4n) is 3.29. The molecule has 9 heteroatoms. The minimum atomic E-state index is 0. The minimum Gasteiger partial charge on any atom is -0.453 e. The monoisotopic (exact) mass is 548 g/mol. The van der Waals surface area contributed by atoms with Crippen molar-refractivity contribution in [2.45, 2.75) is 23.5 Å². The number of aromatic nitrogens is 2. The maximum absolute atomic E-state index is 6.24. The van der Waals surface area contributed by atoms with Gasteiger partial charge in [0.2, 0.25) is 0 Å². The van der Waals surface area contributed by atoms with E-state index in [9.17, 15) is 0 Å². The van der Waals surface area contributed by atoms with Crippen LogP contribution in [0.3, 0.4) is 0 Å². The van der Waals surface area contributed by atoms with E-state index < -0.39 is 0 Å². The van der Waals surface area contributed by atoms with E-state index in [1.54, 1.807) is 11.3 Å². The Balaban J connectivity index is 0.00000216. The highest BCUT2D eigenvalue weighted by Crippen LogP contribution is 2.41. The number of nitrogens with one attached hydrogen (secondary N) is 1. The van der Waals surface area contributed by atoms with Crippen molar-refractivity contribution in [1.82, 2.24) is 14.9 Å². The van der Waals surface area contributed by atoms with Crippen molar-refractivity contribution >= 4 is 58.9 Å². The maximum atomic E-state index is 6.24. The van der Waals surface area contributed by atoms with E-state index in [2.05, 4.69) is 65.7 Å². The first-order valence-electron chi connectivity index (χ1n) is 10.9. The van der Waals surface area contributed by atoms with E-state index in [0.717, 1.165) is 34.4 Å². The predicted molar refractivity (Wildman–Crippen MR) is 154 cm³/mol. The highest BCUT2D eigenvalue weighted by atomic mass is 35.5. The van der Waals surface area contributed by atoms with Crippen molar-refractivity contribution in [2.24, 2.45) is 0 Å². The summed E-state index contributed by atoms with van der Waals surface area (Å²) in [4.78, 5) is 12.5. The molecule has 0 aliphatic rings. The molecule has 0 aliphatic heterocycles. The fourth-order valence-corrected chi connectivity index (χ4v) is 5.11. The summed E-state index contributed by atoms with van der Waals surface area (Å²) < 4.78 is 6.24. The van der Waals surface area contributed by atoms with Gasteiger partial charge < -0.3 is 15.0 Å². The standard InChI is InChI=1S/C26H28N4OS2.2ClH/c1-19-18-32-26(28-19)29-25-23(31-21-12-8-5-9-13-21)16-22(17-27-25)33-24(14-15-30(2)3)20-10-6-4-7-11-20;;/h4-13,16-18,24H,14-15H2,1-3H3,(H,27,28,29);2*1H. The SMILES string of the molecule is Cc1csc(Nc2ncc(SC(CCN(C)C)c3ccccc3)cc2Oc2ccccc2)n1.Cl.Cl. The summed E-state index contributed by atoms with van der Waals surface area (Å²) in [6.45, 7) is 2.99. The lowest BCUT2D eigenvalue weighted by atomic mass is 10.1. The van der Waals surface area contributed by atoms with Crippen LogP contribution < -0.4 is 10.1 Å². The second-order valence-corrected chi connectivity index (χ2v) is 10.1. The molecular formula is C26H30Cl2N4OS2. The Morgan fingerprint density at radius 2 is 1.71 bits per heavy atom. The van der Waals surface area contributed by atoms with Gasteiger partial charge in [-0.1, -0.05) is 48.5 Å². The number of ether oxygens (including phenoxy) is 1. The van der Waals surface area contributed by atoms with Gasteiger partial charge in [0.05, 0.1) is 5.69 Å². The normalized spacial score (nSPS) is 11.3. The highest BCUT2D eigenvalue weighted by molar-refractivity contribution is 7.99. The lowest BCUT2D eigenvalue weighted by molar-refractivity contribution is 0.399. The average molecular weight is 550 g/mol. The molecule has 1 unspecified atom stereocenters. The summed E-state index contributed by atoms with van der Waals surface area (Å²) in [6, 6.07) is 22.5. The molecule has 0 amide bonds. The molecule has 5 nitrogen and oxygen atoms in total. The first kappa shape index (κ1) is 28.9. The van der Waals surface area contributed by atoms with Gasteiger partial charge in [0.15, 0.2) is 16.7 Å². The molecule has 0 fully saturated rings. The molecule has 0 spiro atoms. The van der Waals surface area contributed by atoms with Gasteiger partial charge in [0.25, 0.3) is 0 Å².